The molecule has 1 fully saturated rings. The number of benzene rings is 4. The zero-order valence-electron chi connectivity index (χ0n) is 20.7. The van der Waals surface area contributed by atoms with Crippen molar-refractivity contribution in [1.82, 2.24) is 10.6 Å². The molecule has 1 aliphatic carbocycles. The second kappa shape index (κ2) is 11.4. The highest BCUT2D eigenvalue weighted by Crippen LogP contribution is 2.28. The summed E-state index contributed by atoms with van der Waals surface area (Å²) in [6.45, 7) is 1.42. The molecule has 5 rings (SSSR count). The van der Waals surface area contributed by atoms with E-state index in [1.54, 1.807) is 0 Å². The van der Waals surface area contributed by atoms with Crippen LogP contribution in [0.2, 0.25) is 0 Å². The predicted molar refractivity (Wildman–Crippen MR) is 147 cm³/mol. The summed E-state index contributed by atoms with van der Waals surface area (Å²) in [6, 6.07) is 28.7. The molecule has 0 aromatic heterocycles. The van der Waals surface area contributed by atoms with E-state index in [4.69, 9.17) is 0 Å². The molecule has 0 heterocycles. The van der Waals surface area contributed by atoms with Gasteiger partial charge in [0.1, 0.15) is 0 Å². The Balaban J connectivity index is 1.08. The smallest absolute Gasteiger partial charge is 0.224 e. The van der Waals surface area contributed by atoms with Crippen molar-refractivity contribution >= 4 is 33.4 Å². The highest BCUT2D eigenvalue weighted by Gasteiger charge is 2.23. The molecule has 2 N–H and O–H groups in total. The summed E-state index contributed by atoms with van der Waals surface area (Å²) >= 11 is 0. The van der Waals surface area contributed by atoms with Crippen molar-refractivity contribution in [3.05, 3.63) is 96.1 Å². The van der Waals surface area contributed by atoms with Crippen LogP contribution in [0.5, 0.6) is 0 Å². The van der Waals surface area contributed by atoms with E-state index in [1.807, 2.05) is 48.5 Å². The van der Waals surface area contributed by atoms with Crippen molar-refractivity contribution in [1.29, 1.82) is 0 Å². The van der Waals surface area contributed by atoms with Gasteiger partial charge in [0.25, 0.3) is 0 Å². The Hall–Kier alpha value is -3.66. The van der Waals surface area contributed by atoms with E-state index in [2.05, 4.69) is 47.0 Å². The van der Waals surface area contributed by atoms with Gasteiger partial charge in [0.15, 0.2) is 0 Å². The summed E-state index contributed by atoms with van der Waals surface area (Å²) in [5, 5.41) is 11.0. The molecule has 0 saturated heterocycles. The lowest BCUT2D eigenvalue weighted by atomic mass is 9.81. The van der Waals surface area contributed by atoms with Crippen LogP contribution >= 0.6 is 0 Å². The van der Waals surface area contributed by atoms with Crippen molar-refractivity contribution in [2.75, 3.05) is 13.1 Å². The van der Waals surface area contributed by atoms with Crippen LogP contribution in [0.15, 0.2) is 84.9 Å². The topological polar surface area (TPSA) is 58.2 Å². The van der Waals surface area contributed by atoms with Gasteiger partial charge in [0, 0.05) is 13.1 Å². The summed E-state index contributed by atoms with van der Waals surface area (Å²) in [5.74, 6) is 1.10. The fraction of sp³-hybridized carbons (Fsp3) is 0.312. The van der Waals surface area contributed by atoms with E-state index in [9.17, 15) is 9.59 Å². The van der Waals surface area contributed by atoms with Crippen LogP contribution in [0.25, 0.3) is 21.5 Å². The Bertz CT molecular complexity index is 1250. The normalized spacial score (nSPS) is 17.7. The first-order chi connectivity index (χ1) is 17.7. The lowest BCUT2D eigenvalue weighted by Crippen LogP contribution is -2.36. The quantitative estimate of drug-likeness (QED) is 0.335. The van der Waals surface area contributed by atoms with Gasteiger partial charge in [-0.2, -0.15) is 0 Å². The maximum absolute atomic E-state index is 12.7. The summed E-state index contributed by atoms with van der Waals surface area (Å²) in [7, 11) is 0. The molecule has 36 heavy (non-hydrogen) atoms. The Kier molecular flexibility index (Phi) is 7.61. The van der Waals surface area contributed by atoms with Gasteiger partial charge in [-0.25, -0.2) is 0 Å². The minimum Gasteiger partial charge on any atom is -0.356 e. The Morgan fingerprint density at radius 3 is 1.56 bits per heavy atom. The number of amides is 2. The van der Waals surface area contributed by atoms with Gasteiger partial charge < -0.3 is 10.6 Å². The first-order valence-corrected chi connectivity index (χ1v) is 13.1. The number of hydrogen-bond donors (Lipinski definition) is 2. The highest BCUT2D eigenvalue weighted by atomic mass is 16.2. The van der Waals surface area contributed by atoms with Gasteiger partial charge in [-0.3, -0.25) is 9.59 Å². The van der Waals surface area contributed by atoms with Crippen LogP contribution in [-0.4, -0.2) is 24.9 Å². The third-order valence-electron chi connectivity index (χ3n) is 7.53. The number of hydrogen-bond acceptors (Lipinski definition) is 2. The van der Waals surface area contributed by atoms with E-state index in [0.29, 0.717) is 37.8 Å². The second-order valence-electron chi connectivity index (χ2n) is 10.1. The van der Waals surface area contributed by atoms with Crippen molar-refractivity contribution in [2.24, 2.45) is 11.8 Å². The second-order valence-corrected chi connectivity index (χ2v) is 10.1. The largest absolute Gasteiger partial charge is 0.356 e. The molecule has 4 aromatic carbocycles. The maximum Gasteiger partial charge on any atom is 0.224 e. The SMILES string of the molecule is O=C(Cc1cccc2ccccc12)NC[C@@H]1CCC[C@@H](CNC(=O)Cc2cccc3ccccc23)C1. The molecule has 4 nitrogen and oxygen atoms in total. The maximum atomic E-state index is 12.7. The monoisotopic (exact) mass is 478 g/mol. The lowest BCUT2D eigenvalue weighted by Gasteiger charge is -2.29. The molecular formula is C32H34N2O2. The fourth-order valence-corrected chi connectivity index (χ4v) is 5.65. The number of carbonyl (C=O) groups excluding carboxylic acids is 2. The molecule has 1 saturated carbocycles. The molecule has 4 aromatic rings. The van der Waals surface area contributed by atoms with Crippen molar-refractivity contribution in [2.45, 2.75) is 38.5 Å². The standard InChI is InChI=1S/C32H34N2O2/c35-31(19-27-14-6-12-25-10-1-3-16-29(25)27)33-21-23-8-5-9-24(18-23)22-34-32(36)20-28-15-7-13-26-11-2-4-17-30(26)28/h1-4,6-7,10-17,23-24H,5,8-9,18-22H2,(H,33,35)(H,34,36)/t23-,24-/m1/s1. The summed E-state index contributed by atoms with van der Waals surface area (Å²) in [6.07, 6.45) is 5.27. The van der Waals surface area contributed by atoms with E-state index in [-0.39, 0.29) is 11.8 Å². The first-order valence-electron chi connectivity index (χ1n) is 13.1. The summed E-state index contributed by atoms with van der Waals surface area (Å²) < 4.78 is 0. The van der Waals surface area contributed by atoms with Gasteiger partial charge in [-0.1, -0.05) is 91.3 Å². The van der Waals surface area contributed by atoms with Gasteiger partial charge in [-0.05, 0) is 63.8 Å². The molecule has 184 valence electrons. The van der Waals surface area contributed by atoms with Crippen molar-refractivity contribution in [3.8, 4) is 0 Å². The van der Waals surface area contributed by atoms with E-state index >= 15 is 0 Å². The zero-order chi connectivity index (χ0) is 24.7. The van der Waals surface area contributed by atoms with Gasteiger partial charge in [0.05, 0.1) is 12.8 Å². The van der Waals surface area contributed by atoms with E-state index in [0.717, 1.165) is 47.6 Å². The van der Waals surface area contributed by atoms with Crippen LogP contribution in [0.4, 0.5) is 0 Å². The molecule has 2 atom stereocenters. The third kappa shape index (κ3) is 5.93. The average molecular weight is 479 g/mol. The Morgan fingerprint density at radius 2 is 1.06 bits per heavy atom. The molecule has 0 unspecified atom stereocenters. The van der Waals surface area contributed by atoms with Crippen LogP contribution < -0.4 is 10.6 Å². The summed E-state index contributed by atoms with van der Waals surface area (Å²) in [5.41, 5.74) is 2.14. The van der Waals surface area contributed by atoms with Crippen LogP contribution in [0.1, 0.15) is 36.8 Å². The molecule has 1 aliphatic rings. The third-order valence-corrected chi connectivity index (χ3v) is 7.53. The number of rotatable bonds is 8. The molecule has 0 radical (unpaired) electrons. The minimum absolute atomic E-state index is 0.0804. The van der Waals surface area contributed by atoms with Crippen LogP contribution in [-0.2, 0) is 22.4 Å². The number of fused-ring (bicyclic) bond motifs is 2. The first kappa shape index (κ1) is 24.1. The van der Waals surface area contributed by atoms with Gasteiger partial charge in [-0.15, -0.1) is 0 Å². The fourth-order valence-electron chi connectivity index (χ4n) is 5.65. The highest BCUT2D eigenvalue weighted by molar-refractivity contribution is 5.91. The molecule has 0 aliphatic heterocycles. The number of carbonyl (C=O) groups is 2. The molecule has 4 heteroatoms. The lowest BCUT2D eigenvalue weighted by molar-refractivity contribution is -0.121. The van der Waals surface area contributed by atoms with Gasteiger partial charge in [0.2, 0.25) is 11.8 Å². The Morgan fingerprint density at radius 1 is 0.611 bits per heavy atom. The van der Waals surface area contributed by atoms with E-state index < -0.39 is 0 Å². The minimum atomic E-state index is 0.0804. The average Bonchev–Trinajstić information content (AvgIpc) is 2.91. The van der Waals surface area contributed by atoms with Crippen LogP contribution in [0.3, 0.4) is 0 Å². The van der Waals surface area contributed by atoms with Crippen LogP contribution in [0, 0.1) is 11.8 Å². The molecule has 2 amide bonds. The molecule has 0 bridgehead atoms. The van der Waals surface area contributed by atoms with Crippen molar-refractivity contribution in [3.63, 3.8) is 0 Å². The zero-order valence-corrected chi connectivity index (χ0v) is 20.7. The van der Waals surface area contributed by atoms with E-state index in [1.165, 1.54) is 10.8 Å². The van der Waals surface area contributed by atoms with Gasteiger partial charge >= 0.3 is 0 Å². The molecule has 0 spiro atoms. The predicted octanol–water partition coefficient (Wildman–Crippen LogP) is 5.82. The molecular weight excluding hydrogens is 444 g/mol. The summed E-state index contributed by atoms with van der Waals surface area (Å²) in [4.78, 5) is 25.4. The number of nitrogens with one attached hydrogen (secondary N) is 2. The Labute approximate surface area is 213 Å². The van der Waals surface area contributed by atoms with Crippen molar-refractivity contribution < 1.29 is 9.59 Å².